The van der Waals surface area contributed by atoms with Gasteiger partial charge in [-0.15, -0.1) is 0 Å². The van der Waals surface area contributed by atoms with Crippen molar-refractivity contribution in [2.75, 3.05) is 44.7 Å². The van der Waals surface area contributed by atoms with E-state index in [9.17, 15) is 9.59 Å². The Morgan fingerprint density at radius 2 is 1.83 bits per heavy atom. The van der Waals surface area contributed by atoms with Gasteiger partial charge in [0.2, 0.25) is 5.43 Å². The van der Waals surface area contributed by atoms with Crippen molar-refractivity contribution in [3.63, 3.8) is 0 Å². The molecule has 2 heterocycles. The highest BCUT2D eigenvalue weighted by atomic mass is 19.1. The zero-order valence-electron chi connectivity index (χ0n) is 20.2. The van der Waals surface area contributed by atoms with E-state index in [1.165, 1.54) is 12.1 Å². The van der Waals surface area contributed by atoms with E-state index in [0.717, 1.165) is 56.9 Å². The maximum Gasteiger partial charge on any atom is 0.200 e. The van der Waals surface area contributed by atoms with Gasteiger partial charge in [0.25, 0.3) is 0 Å². The average Bonchev–Trinajstić information content (AvgIpc) is 3.73. The van der Waals surface area contributed by atoms with Gasteiger partial charge in [-0.1, -0.05) is 25.1 Å². The van der Waals surface area contributed by atoms with Gasteiger partial charge in [-0.05, 0) is 55.3 Å². The number of allylic oxidation sites excluding steroid dienone is 1. The lowest BCUT2D eigenvalue weighted by Crippen LogP contribution is -2.46. The van der Waals surface area contributed by atoms with Crippen molar-refractivity contribution in [1.82, 2.24) is 9.47 Å². The Kier molecular flexibility index (Phi) is 6.43. The van der Waals surface area contributed by atoms with Gasteiger partial charge in [-0.2, -0.15) is 0 Å². The molecule has 3 aromatic rings. The van der Waals surface area contributed by atoms with Crippen molar-refractivity contribution in [1.29, 1.82) is 0 Å². The molecule has 2 aliphatic rings. The minimum atomic E-state index is -0.428. The molecular formula is C28H30FN3O3. The van der Waals surface area contributed by atoms with Crippen molar-refractivity contribution in [2.24, 2.45) is 0 Å². The molecule has 1 saturated carbocycles. The number of methoxy groups -OCH3 is 1. The monoisotopic (exact) mass is 475 g/mol. The largest absolute Gasteiger partial charge is 0.497 e. The maximum absolute atomic E-state index is 15.3. The molecule has 0 N–H and O–H groups in total. The minimum absolute atomic E-state index is 0.0675. The second kappa shape index (κ2) is 9.66. The fourth-order valence-corrected chi connectivity index (χ4v) is 4.71. The third-order valence-corrected chi connectivity index (χ3v) is 7.01. The summed E-state index contributed by atoms with van der Waals surface area (Å²) >= 11 is 0. The summed E-state index contributed by atoms with van der Waals surface area (Å²) < 4.78 is 22.4. The molecule has 5 rings (SSSR count). The number of ketones is 1. The SMILES string of the molecule is CCN1CCN(c2cc3c(cc2F)c(=O)c(C(=O)C=Cc2ccc(OC)cc2)cn3C2CC2)CC1. The van der Waals surface area contributed by atoms with Crippen LogP contribution in [-0.4, -0.2) is 55.1 Å². The van der Waals surface area contributed by atoms with Crippen molar-refractivity contribution >= 4 is 28.4 Å². The summed E-state index contributed by atoms with van der Waals surface area (Å²) in [5.74, 6) is -0.0773. The predicted molar refractivity (Wildman–Crippen MR) is 137 cm³/mol. The van der Waals surface area contributed by atoms with Crippen molar-refractivity contribution in [3.05, 3.63) is 75.8 Å². The predicted octanol–water partition coefficient (Wildman–Crippen LogP) is 4.52. The van der Waals surface area contributed by atoms with Crippen LogP contribution in [0.2, 0.25) is 0 Å². The van der Waals surface area contributed by atoms with Gasteiger partial charge in [-0.3, -0.25) is 9.59 Å². The van der Waals surface area contributed by atoms with Crippen LogP contribution in [-0.2, 0) is 0 Å². The van der Waals surface area contributed by atoms with Crippen LogP contribution < -0.4 is 15.1 Å². The first-order valence-corrected chi connectivity index (χ1v) is 12.2. The fourth-order valence-electron chi connectivity index (χ4n) is 4.71. The van der Waals surface area contributed by atoms with Crippen LogP contribution in [0.3, 0.4) is 0 Å². The number of carbonyl (C=O) groups excluding carboxylic acids is 1. The van der Waals surface area contributed by atoms with Crippen LogP contribution >= 0.6 is 0 Å². The van der Waals surface area contributed by atoms with Crippen LogP contribution in [0.1, 0.15) is 41.7 Å². The summed E-state index contributed by atoms with van der Waals surface area (Å²) in [6.45, 7) is 6.38. The Morgan fingerprint density at radius 1 is 1.11 bits per heavy atom. The average molecular weight is 476 g/mol. The second-order valence-corrected chi connectivity index (χ2v) is 9.22. The highest BCUT2D eigenvalue weighted by Crippen LogP contribution is 2.38. The van der Waals surface area contributed by atoms with E-state index in [-0.39, 0.29) is 22.8 Å². The molecule has 0 unspecified atom stereocenters. The lowest BCUT2D eigenvalue weighted by atomic mass is 10.1. The minimum Gasteiger partial charge on any atom is -0.497 e. The topological polar surface area (TPSA) is 54.8 Å². The Morgan fingerprint density at radius 3 is 2.46 bits per heavy atom. The van der Waals surface area contributed by atoms with Gasteiger partial charge in [0.05, 0.1) is 23.9 Å². The molecule has 1 aliphatic carbocycles. The normalized spacial score (nSPS) is 16.8. The van der Waals surface area contributed by atoms with E-state index in [1.807, 2.05) is 28.8 Å². The van der Waals surface area contributed by atoms with E-state index < -0.39 is 11.2 Å². The molecule has 0 atom stereocenters. The number of rotatable bonds is 7. The first kappa shape index (κ1) is 23.3. The number of likely N-dealkylation sites (N-methyl/N-ethyl adjacent to an activating group) is 1. The highest BCUT2D eigenvalue weighted by Gasteiger charge is 2.28. The van der Waals surface area contributed by atoms with Crippen LogP contribution in [0.25, 0.3) is 17.0 Å². The van der Waals surface area contributed by atoms with Crippen molar-refractivity contribution in [3.8, 4) is 5.75 Å². The van der Waals surface area contributed by atoms with Crippen molar-refractivity contribution < 1.29 is 13.9 Å². The third-order valence-electron chi connectivity index (χ3n) is 7.01. The molecule has 0 bridgehead atoms. The number of ether oxygens (including phenoxy) is 1. The molecule has 35 heavy (non-hydrogen) atoms. The summed E-state index contributed by atoms with van der Waals surface area (Å²) in [4.78, 5) is 30.7. The zero-order valence-corrected chi connectivity index (χ0v) is 20.2. The Balaban J connectivity index is 1.50. The Labute approximate surface area is 204 Å². The Hall–Kier alpha value is -3.45. The molecule has 6 nitrogen and oxygen atoms in total. The van der Waals surface area contributed by atoms with Crippen molar-refractivity contribution in [2.45, 2.75) is 25.8 Å². The smallest absolute Gasteiger partial charge is 0.200 e. The number of hydrogen-bond acceptors (Lipinski definition) is 5. The number of halogens is 1. The van der Waals surface area contributed by atoms with Crippen LogP contribution in [0.4, 0.5) is 10.1 Å². The van der Waals surface area contributed by atoms with Gasteiger partial charge >= 0.3 is 0 Å². The molecule has 0 radical (unpaired) electrons. The number of carbonyl (C=O) groups is 1. The molecule has 182 valence electrons. The van der Waals surface area contributed by atoms with E-state index in [4.69, 9.17) is 4.74 Å². The molecule has 2 aromatic carbocycles. The lowest BCUT2D eigenvalue weighted by molar-refractivity contribution is 0.104. The third kappa shape index (κ3) is 4.73. The quantitative estimate of drug-likeness (QED) is 0.372. The summed E-state index contributed by atoms with van der Waals surface area (Å²) in [5.41, 5.74) is 1.68. The van der Waals surface area contributed by atoms with E-state index in [0.29, 0.717) is 11.2 Å². The Bertz CT molecular complexity index is 1330. The standard InChI is InChI=1S/C28H30FN3O3/c1-3-30-12-14-31(15-13-30)26-17-25-22(16-24(26)29)28(34)23(18-32(25)20-7-8-20)27(33)11-6-19-4-9-21(35-2)10-5-19/h4-6,9-11,16-18,20H,3,7-8,12-15H2,1-2H3. The molecule has 7 heteroatoms. The number of pyridine rings is 1. The highest BCUT2D eigenvalue weighted by molar-refractivity contribution is 6.08. The summed E-state index contributed by atoms with van der Waals surface area (Å²) in [6.07, 6.45) is 6.70. The molecule has 1 aliphatic heterocycles. The van der Waals surface area contributed by atoms with Crippen LogP contribution in [0.15, 0.2) is 53.5 Å². The van der Waals surface area contributed by atoms with Gasteiger partial charge in [0, 0.05) is 43.8 Å². The second-order valence-electron chi connectivity index (χ2n) is 9.22. The number of fused-ring (bicyclic) bond motifs is 1. The van der Waals surface area contributed by atoms with Crippen LogP contribution in [0, 0.1) is 5.82 Å². The first-order valence-electron chi connectivity index (χ1n) is 12.2. The number of aromatic nitrogens is 1. The molecule has 0 spiro atoms. The fraction of sp³-hybridized carbons (Fsp3) is 0.357. The lowest BCUT2D eigenvalue weighted by Gasteiger charge is -2.35. The van der Waals surface area contributed by atoms with Gasteiger partial charge < -0.3 is 19.1 Å². The number of anilines is 1. The van der Waals surface area contributed by atoms with Gasteiger partial charge in [-0.25, -0.2) is 4.39 Å². The first-order chi connectivity index (χ1) is 17.0. The molecule has 2 fully saturated rings. The van der Waals surface area contributed by atoms with Crippen LogP contribution in [0.5, 0.6) is 5.75 Å². The number of nitrogens with zero attached hydrogens (tertiary/aromatic N) is 3. The summed E-state index contributed by atoms with van der Waals surface area (Å²) in [5, 5.41) is 0.258. The molecule has 1 aromatic heterocycles. The molecule has 1 saturated heterocycles. The summed E-state index contributed by atoms with van der Waals surface area (Å²) in [6, 6.07) is 10.6. The summed E-state index contributed by atoms with van der Waals surface area (Å²) in [7, 11) is 1.59. The van der Waals surface area contributed by atoms with E-state index in [2.05, 4.69) is 16.7 Å². The zero-order chi connectivity index (χ0) is 24.5. The number of benzene rings is 2. The van der Waals surface area contributed by atoms with Gasteiger partial charge in [0.15, 0.2) is 5.78 Å². The maximum atomic E-state index is 15.3. The van der Waals surface area contributed by atoms with E-state index >= 15 is 4.39 Å². The number of piperazine rings is 1. The van der Waals surface area contributed by atoms with E-state index in [1.54, 1.807) is 25.4 Å². The van der Waals surface area contributed by atoms with Gasteiger partial charge in [0.1, 0.15) is 11.6 Å². The molecule has 0 amide bonds. The number of hydrogen-bond donors (Lipinski definition) is 0. The molecular weight excluding hydrogens is 445 g/mol.